The second kappa shape index (κ2) is 5.92. The number of aromatic nitrogens is 1. The van der Waals surface area contributed by atoms with Gasteiger partial charge in [0.2, 0.25) is 0 Å². The summed E-state index contributed by atoms with van der Waals surface area (Å²) in [7, 11) is 1.20. The number of pyridine rings is 1. The average molecular weight is 261 g/mol. The molecule has 2 unspecified atom stereocenters. The SMILES string of the molecule is COC(=O)c1cc(C(O)C(O)CN)cnc1Cl. The van der Waals surface area contributed by atoms with Crippen LogP contribution in [0.4, 0.5) is 0 Å². The first-order valence-corrected chi connectivity index (χ1v) is 5.19. The number of esters is 1. The Morgan fingerprint density at radius 2 is 2.29 bits per heavy atom. The van der Waals surface area contributed by atoms with Crippen LogP contribution in [0.3, 0.4) is 0 Å². The number of carbonyl (C=O) groups excluding carboxylic acids is 1. The summed E-state index contributed by atoms with van der Waals surface area (Å²) in [6.07, 6.45) is -1.10. The summed E-state index contributed by atoms with van der Waals surface area (Å²) in [5.74, 6) is -0.668. The monoisotopic (exact) mass is 260 g/mol. The molecular weight excluding hydrogens is 248 g/mol. The molecule has 0 aliphatic heterocycles. The van der Waals surface area contributed by atoms with Crippen LogP contribution < -0.4 is 5.73 Å². The number of rotatable bonds is 4. The zero-order valence-corrected chi connectivity index (χ0v) is 9.89. The molecule has 1 rings (SSSR count). The van der Waals surface area contributed by atoms with Gasteiger partial charge < -0.3 is 20.7 Å². The lowest BCUT2D eigenvalue weighted by Gasteiger charge is -2.16. The summed E-state index contributed by atoms with van der Waals surface area (Å²) in [4.78, 5) is 15.1. The van der Waals surface area contributed by atoms with E-state index in [9.17, 15) is 15.0 Å². The van der Waals surface area contributed by atoms with Gasteiger partial charge in [-0.1, -0.05) is 11.6 Å². The molecule has 0 aliphatic carbocycles. The minimum Gasteiger partial charge on any atom is -0.465 e. The van der Waals surface area contributed by atoms with Gasteiger partial charge in [0.1, 0.15) is 11.3 Å². The van der Waals surface area contributed by atoms with Crippen molar-refractivity contribution in [3.05, 3.63) is 28.5 Å². The van der Waals surface area contributed by atoms with Crippen molar-refractivity contribution in [2.45, 2.75) is 12.2 Å². The van der Waals surface area contributed by atoms with E-state index in [0.717, 1.165) is 0 Å². The maximum atomic E-state index is 11.3. The highest BCUT2D eigenvalue weighted by atomic mass is 35.5. The van der Waals surface area contributed by atoms with Crippen LogP contribution >= 0.6 is 11.6 Å². The smallest absolute Gasteiger partial charge is 0.341 e. The van der Waals surface area contributed by atoms with E-state index in [-0.39, 0.29) is 22.8 Å². The molecule has 1 heterocycles. The highest BCUT2D eigenvalue weighted by molar-refractivity contribution is 6.32. The first-order chi connectivity index (χ1) is 8.01. The number of nitrogens with two attached hydrogens (primary N) is 1. The molecule has 0 bridgehead atoms. The number of carbonyl (C=O) groups is 1. The predicted molar refractivity (Wildman–Crippen MR) is 60.6 cm³/mol. The molecule has 0 saturated heterocycles. The van der Waals surface area contributed by atoms with Gasteiger partial charge in [-0.25, -0.2) is 9.78 Å². The summed E-state index contributed by atoms with van der Waals surface area (Å²) in [6.45, 7) is -0.114. The first kappa shape index (κ1) is 13.9. The van der Waals surface area contributed by atoms with Gasteiger partial charge in [0.05, 0.1) is 18.8 Å². The number of methoxy groups -OCH3 is 1. The van der Waals surface area contributed by atoms with Gasteiger partial charge in [0.25, 0.3) is 0 Å². The van der Waals surface area contributed by atoms with Gasteiger partial charge >= 0.3 is 5.97 Å². The van der Waals surface area contributed by atoms with Crippen LogP contribution in [0.2, 0.25) is 5.15 Å². The highest BCUT2D eigenvalue weighted by Crippen LogP contribution is 2.21. The molecule has 0 fully saturated rings. The molecule has 0 radical (unpaired) electrons. The zero-order chi connectivity index (χ0) is 13.0. The fraction of sp³-hybridized carbons (Fsp3) is 0.400. The van der Waals surface area contributed by atoms with E-state index in [1.165, 1.54) is 19.4 Å². The molecular formula is C10H13ClN2O4. The van der Waals surface area contributed by atoms with E-state index < -0.39 is 18.2 Å². The van der Waals surface area contributed by atoms with Crippen LogP contribution in [0.5, 0.6) is 0 Å². The van der Waals surface area contributed by atoms with Crippen LogP contribution in [0, 0.1) is 0 Å². The summed E-state index contributed by atoms with van der Waals surface area (Å²) in [6, 6.07) is 1.31. The van der Waals surface area contributed by atoms with Crippen LogP contribution in [0.25, 0.3) is 0 Å². The van der Waals surface area contributed by atoms with Crippen LogP contribution in [0.1, 0.15) is 22.0 Å². The third kappa shape index (κ3) is 3.13. The summed E-state index contributed by atoms with van der Waals surface area (Å²) >= 11 is 5.71. The van der Waals surface area contributed by atoms with Crippen molar-refractivity contribution in [1.29, 1.82) is 0 Å². The average Bonchev–Trinajstić information content (AvgIpc) is 2.36. The second-order valence-electron chi connectivity index (χ2n) is 3.35. The summed E-state index contributed by atoms with van der Waals surface area (Å²) in [5, 5.41) is 19.0. The number of hydrogen-bond acceptors (Lipinski definition) is 6. The first-order valence-electron chi connectivity index (χ1n) is 4.81. The highest BCUT2D eigenvalue weighted by Gasteiger charge is 2.20. The molecule has 0 aliphatic rings. The van der Waals surface area contributed by atoms with Crippen molar-refractivity contribution in [3.8, 4) is 0 Å². The number of ether oxygens (including phenoxy) is 1. The molecule has 2 atom stereocenters. The summed E-state index contributed by atoms with van der Waals surface area (Å²) < 4.78 is 4.51. The van der Waals surface area contributed by atoms with E-state index in [1.54, 1.807) is 0 Å². The van der Waals surface area contributed by atoms with E-state index in [1.807, 2.05) is 0 Å². The van der Waals surface area contributed by atoms with Crippen LogP contribution in [-0.4, -0.2) is 40.9 Å². The Balaban J connectivity index is 3.08. The van der Waals surface area contributed by atoms with Crippen molar-refractivity contribution >= 4 is 17.6 Å². The maximum absolute atomic E-state index is 11.3. The third-order valence-corrected chi connectivity index (χ3v) is 2.51. The molecule has 4 N–H and O–H groups in total. The Labute approximate surface area is 103 Å². The van der Waals surface area contributed by atoms with Gasteiger partial charge in [-0.3, -0.25) is 0 Å². The van der Waals surface area contributed by atoms with Crippen LogP contribution in [-0.2, 0) is 4.74 Å². The standard InChI is InChI=1S/C10H13ClN2O4/c1-17-10(16)6-2-5(4-13-9(6)11)8(15)7(14)3-12/h2,4,7-8,14-15H,3,12H2,1H3. The second-order valence-corrected chi connectivity index (χ2v) is 3.70. The van der Waals surface area contributed by atoms with Crippen molar-refractivity contribution in [3.63, 3.8) is 0 Å². The van der Waals surface area contributed by atoms with Crippen molar-refractivity contribution < 1.29 is 19.7 Å². The molecule has 1 aromatic heterocycles. The number of nitrogens with zero attached hydrogens (tertiary/aromatic N) is 1. The Bertz CT molecular complexity index is 413. The number of aliphatic hydroxyl groups is 2. The van der Waals surface area contributed by atoms with Crippen LogP contribution in [0.15, 0.2) is 12.3 Å². The molecule has 6 nitrogen and oxygen atoms in total. The Morgan fingerprint density at radius 1 is 1.65 bits per heavy atom. The number of hydrogen-bond donors (Lipinski definition) is 3. The third-order valence-electron chi connectivity index (χ3n) is 2.21. The Kier molecular flexibility index (Phi) is 4.83. The van der Waals surface area contributed by atoms with E-state index >= 15 is 0 Å². The topological polar surface area (TPSA) is 106 Å². The lowest BCUT2D eigenvalue weighted by molar-refractivity contribution is 0.0240. The molecule has 0 aromatic carbocycles. The lowest BCUT2D eigenvalue weighted by Crippen LogP contribution is -2.27. The molecule has 7 heteroatoms. The van der Waals surface area contributed by atoms with Gasteiger partial charge in [-0.05, 0) is 6.07 Å². The van der Waals surface area contributed by atoms with Gasteiger partial charge in [0, 0.05) is 18.3 Å². The molecule has 0 amide bonds. The fourth-order valence-corrected chi connectivity index (χ4v) is 1.41. The molecule has 1 aromatic rings. The largest absolute Gasteiger partial charge is 0.465 e. The van der Waals surface area contributed by atoms with Crippen molar-refractivity contribution in [1.82, 2.24) is 4.98 Å². The quantitative estimate of drug-likeness (QED) is 0.515. The normalized spacial score (nSPS) is 14.2. The van der Waals surface area contributed by atoms with E-state index in [0.29, 0.717) is 0 Å². The van der Waals surface area contributed by atoms with E-state index in [4.69, 9.17) is 17.3 Å². The molecule has 0 spiro atoms. The molecule has 0 saturated carbocycles. The predicted octanol–water partition coefficient (Wildman–Crippen LogP) is -0.125. The lowest BCUT2D eigenvalue weighted by atomic mass is 10.0. The van der Waals surface area contributed by atoms with Crippen molar-refractivity contribution in [2.24, 2.45) is 5.73 Å². The maximum Gasteiger partial charge on any atom is 0.341 e. The zero-order valence-electron chi connectivity index (χ0n) is 9.13. The Morgan fingerprint density at radius 3 is 2.82 bits per heavy atom. The molecule has 17 heavy (non-hydrogen) atoms. The van der Waals surface area contributed by atoms with Crippen molar-refractivity contribution in [2.75, 3.05) is 13.7 Å². The fourth-order valence-electron chi connectivity index (χ4n) is 1.23. The number of aliphatic hydroxyl groups excluding tert-OH is 2. The summed E-state index contributed by atoms with van der Waals surface area (Å²) in [5.41, 5.74) is 5.48. The minimum absolute atomic E-state index is 0.0231. The number of halogens is 1. The van der Waals surface area contributed by atoms with Gasteiger partial charge in [-0.15, -0.1) is 0 Å². The van der Waals surface area contributed by atoms with Gasteiger partial charge in [-0.2, -0.15) is 0 Å². The molecule has 94 valence electrons. The van der Waals surface area contributed by atoms with Gasteiger partial charge in [0.15, 0.2) is 0 Å². The minimum atomic E-state index is -1.23. The van der Waals surface area contributed by atoms with E-state index in [2.05, 4.69) is 9.72 Å². The Hall–Kier alpha value is -1.21.